The first kappa shape index (κ1) is 15.0. The molecular weight excluding hydrogens is 291 g/mol. The van der Waals surface area contributed by atoms with E-state index in [0.717, 1.165) is 11.8 Å². The van der Waals surface area contributed by atoms with E-state index in [1.54, 1.807) is 25.3 Å². The second-order valence-corrected chi connectivity index (χ2v) is 5.21. The zero-order chi connectivity index (χ0) is 14.8. The van der Waals surface area contributed by atoms with Crippen molar-refractivity contribution < 1.29 is 23.0 Å². The van der Waals surface area contributed by atoms with Crippen molar-refractivity contribution in [3.63, 3.8) is 0 Å². The fraction of sp³-hybridized carbons (Fsp3) is 0.308. The monoisotopic (exact) mass is 303 g/mol. The summed E-state index contributed by atoms with van der Waals surface area (Å²) >= 11 is 0.445. The van der Waals surface area contributed by atoms with Crippen LogP contribution in [0.15, 0.2) is 30.5 Å². The lowest BCUT2D eigenvalue weighted by atomic mass is 10.1. The summed E-state index contributed by atoms with van der Waals surface area (Å²) in [6.07, 6.45) is -4.55. The minimum Gasteiger partial charge on any atom is -0.383 e. The molecule has 1 heterocycles. The third-order valence-corrected chi connectivity index (χ3v) is 3.71. The summed E-state index contributed by atoms with van der Waals surface area (Å²) in [5, 5.41) is 9.17. The molecule has 7 heteroatoms. The van der Waals surface area contributed by atoms with Crippen LogP contribution in [0, 0.1) is 0 Å². The van der Waals surface area contributed by atoms with Gasteiger partial charge in [0.05, 0.1) is 11.5 Å². The highest BCUT2D eigenvalue weighted by atomic mass is 32.1. The predicted molar refractivity (Wildman–Crippen MR) is 68.3 cm³/mol. The Bertz CT molecular complexity index is 583. The second-order valence-electron chi connectivity index (χ2n) is 4.15. The normalized spacial score (nSPS) is 13.4. The predicted octanol–water partition coefficient (Wildman–Crippen LogP) is 3.39. The highest BCUT2D eigenvalue weighted by Crippen LogP contribution is 2.35. The van der Waals surface area contributed by atoms with Gasteiger partial charge in [-0.05, 0) is 11.1 Å². The van der Waals surface area contributed by atoms with Crippen molar-refractivity contribution in [2.45, 2.75) is 18.9 Å². The maximum absolute atomic E-state index is 12.5. The van der Waals surface area contributed by atoms with Crippen molar-refractivity contribution in [1.29, 1.82) is 0 Å². The number of ether oxygens (including phenoxy) is 1. The molecule has 0 saturated carbocycles. The minimum absolute atomic E-state index is 0.159. The molecule has 3 nitrogen and oxygen atoms in total. The summed E-state index contributed by atoms with van der Waals surface area (Å²) in [5.41, 5.74) is 1.35. The fourth-order valence-corrected chi connectivity index (χ4v) is 2.53. The number of hydrogen-bond donors (Lipinski definition) is 1. The molecule has 0 spiro atoms. The highest BCUT2D eigenvalue weighted by Gasteiger charge is 2.35. The lowest BCUT2D eigenvalue weighted by molar-refractivity contribution is -0.137. The number of benzene rings is 1. The molecule has 1 atom stereocenters. The molecule has 0 aliphatic carbocycles. The summed E-state index contributed by atoms with van der Waals surface area (Å²) in [5.74, 6) is 0. The maximum atomic E-state index is 12.5. The van der Waals surface area contributed by atoms with Crippen molar-refractivity contribution in [1.82, 2.24) is 4.98 Å². The van der Waals surface area contributed by atoms with E-state index >= 15 is 0 Å². The first-order valence-corrected chi connectivity index (χ1v) is 6.52. The molecule has 1 aromatic heterocycles. The quantitative estimate of drug-likeness (QED) is 0.941. The van der Waals surface area contributed by atoms with E-state index < -0.39 is 17.3 Å². The van der Waals surface area contributed by atoms with Crippen LogP contribution in [0.25, 0.3) is 0 Å². The summed E-state index contributed by atoms with van der Waals surface area (Å²) in [7, 11) is 1.54. The van der Waals surface area contributed by atoms with Gasteiger partial charge < -0.3 is 9.84 Å². The second kappa shape index (κ2) is 5.90. The number of aromatic nitrogens is 1. The number of aliphatic hydroxyl groups is 1. The molecule has 0 aliphatic heterocycles. The van der Waals surface area contributed by atoms with Gasteiger partial charge in [-0.15, -0.1) is 11.3 Å². The molecule has 20 heavy (non-hydrogen) atoms. The molecule has 2 aromatic rings. The van der Waals surface area contributed by atoms with Crippen molar-refractivity contribution in [2.24, 2.45) is 0 Å². The molecule has 0 fully saturated rings. The number of aliphatic hydroxyl groups excluding tert-OH is 1. The summed E-state index contributed by atoms with van der Waals surface area (Å²) < 4.78 is 42.4. The Morgan fingerprint density at radius 3 is 2.75 bits per heavy atom. The van der Waals surface area contributed by atoms with Gasteiger partial charge in [-0.25, -0.2) is 4.98 Å². The van der Waals surface area contributed by atoms with Gasteiger partial charge in [0, 0.05) is 13.3 Å². The van der Waals surface area contributed by atoms with Gasteiger partial charge >= 0.3 is 6.18 Å². The van der Waals surface area contributed by atoms with Crippen molar-refractivity contribution >= 4 is 11.3 Å². The number of hydrogen-bond acceptors (Lipinski definition) is 4. The Balaban J connectivity index is 2.24. The lowest BCUT2D eigenvalue weighted by Crippen LogP contribution is -2.03. The largest absolute Gasteiger partial charge is 0.443 e. The first-order chi connectivity index (χ1) is 9.41. The SMILES string of the molecule is COCc1cccc(C(O)c2cnc(C(F)(F)F)s2)c1. The van der Waals surface area contributed by atoms with Gasteiger partial charge in [0.15, 0.2) is 5.01 Å². The van der Waals surface area contributed by atoms with Crippen LogP contribution >= 0.6 is 11.3 Å². The molecular formula is C13H12F3NO2S. The van der Waals surface area contributed by atoms with E-state index in [0.29, 0.717) is 23.5 Å². The van der Waals surface area contributed by atoms with Crippen LogP contribution in [0.1, 0.15) is 27.1 Å². The standard InChI is InChI=1S/C13H12F3NO2S/c1-19-7-8-3-2-4-9(5-8)11(18)10-6-17-12(20-10)13(14,15)16/h2-6,11,18H,7H2,1H3. The summed E-state index contributed by atoms with van der Waals surface area (Å²) in [6.45, 7) is 0.372. The number of halogens is 3. The third-order valence-electron chi connectivity index (χ3n) is 2.61. The Morgan fingerprint density at radius 1 is 1.40 bits per heavy atom. The number of rotatable bonds is 4. The first-order valence-electron chi connectivity index (χ1n) is 5.70. The van der Waals surface area contributed by atoms with Crippen LogP contribution in [0.5, 0.6) is 0 Å². The maximum Gasteiger partial charge on any atom is 0.443 e. The number of methoxy groups -OCH3 is 1. The molecule has 0 saturated heterocycles. The lowest BCUT2D eigenvalue weighted by Gasteiger charge is -2.10. The van der Waals surface area contributed by atoms with Gasteiger partial charge in [0.1, 0.15) is 6.10 Å². The van der Waals surface area contributed by atoms with Crippen LogP contribution in [0.3, 0.4) is 0 Å². The molecule has 1 aromatic carbocycles. The number of alkyl halides is 3. The molecule has 0 bridgehead atoms. The van der Waals surface area contributed by atoms with Crippen LogP contribution in [0.2, 0.25) is 0 Å². The van der Waals surface area contributed by atoms with E-state index in [4.69, 9.17) is 4.74 Å². The van der Waals surface area contributed by atoms with Crippen molar-refractivity contribution in [3.05, 3.63) is 51.5 Å². The zero-order valence-electron chi connectivity index (χ0n) is 10.5. The van der Waals surface area contributed by atoms with Crippen LogP contribution in [0.4, 0.5) is 13.2 Å². The molecule has 108 valence electrons. The fourth-order valence-electron chi connectivity index (χ4n) is 1.73. The summed E-state index contributed by atoms with van der Waals surface area (Å²) in [6, 6.07) is 6.88. The molecule has 0 aliphatic rings. The molecule has 2 rings (SSSR count). The Labute approximate surface area is 117 Å². The van der Waals surface area contributed by atoms with Crippen LogP contribution in [-0.2, 0) is 17.5 Å². The molecule has 1 N–H and O–H groups in total. The van der Waals surface area contributed by atoms with Crippen molar-refractivity contribution in [2.75, 3.05) is 7.11 Å². The van der Waals surface area contributed by atoms with E-state index in [1.807, 2.05) is 6.07 Å². The average molecular weight is 303 g/mol. The Kier molecular flexibility index (Phi) is 4.42. The van der Waals surface area contributed by atoms with E-state index in [1.165, 1.54) is 0 Å². The smallest absolute Gasteiger partial charge is 0.383 e. The van der Waals surface area contributed by atoms with Crippen LogP contribution in [-0.4, -0.2) is 17.2 Å². The molecule has 0 amide bonds. The highest BCUT2D eigenvalue weighted by molar-refractivity contribution is 7.11. The Morgan fingerprint density at radius 2 is 2.15 bits per heavy atom. The van der Waals surface area contributed by atoms with E-state index in [2.05, 4.69) is 4.98 Å². The van der Waals surface area contributed by atoms with Gasteiger partial charge in [-0.2, -0.15) is 13.2 Å². The van der Waals surface area contributed by atoms with Gasteiger partial charge in [-0.3, -0.25) is 0 Å². The third kappa shape index (κ3) is 3.36. The van der Waals surface area contributed by atoms with Crippen LogP contribution < -0.4 is 0 Å². The number of nitrogens with zero attached hydrogens (tertiary/aromatic N) is 1. The number of thiazole rings is 1. The topological polar surface area (TPSA) is 42.4 Å². The Hall–Kier alpha value is -1.44. The minimum atomic E-state index is -4.49. The van der Waals surface area contributed by atoms with E-state index in [-0.39, 0.29) is 4.88 Å². The zero-order valence-corrected chi connectivity index (χ0v) is 11.3. The van der Waals surface area contributed by atoms with Gasteiger partial charge in [0.2, 0.25) is 0 Å². The van der Waals surface area contributed by atoms with Gasteiger partial charge in [-0.1, -0.05) is 24.3 Å². The molecule has 0 radical (unpaired) electrons. The summed E-state index contributed by atoms with van der Waals surface area (Å²) in [4.78, 5) is 3.46. The molecule has 1 unspecified atom stereocenters. The van der Waals surface area contributed by atoms with Gasteiger partial charge in [0.25, 0.3) is 0 Å². The van der Waals surface area contributed by atoms with E-state index in [9.17, 15) is 18.3 Å². The average Bonchev–Trinajstić information content (AvgIpc) is 2.88. The van der Waals surface area contributed by atoms with Crippen molar-refractivity contribution in [3.8, 4) is 0 Å².